The van der Waals surface area contributed by atoms with E-state index < -0.39 is 17.6 Å². The molecule has 2 aromatic carbocycles. The molecule has 2 aromatic rings. The van der Waals surface area contributed by atoms with Crippen molar-refractivity contribution in [3.63, 3.8) is 0 Å². The number of hydrogen-bond acceptors (Lipinski definition) is 4. The molecule has 0 radical (unpaired) electrons. The predicted octanol–water partition coefficient (Wildman–Crippen LogP) is 3.22. The molecule has 0 aliphatic heterocycles. The zero-order valence-corrected chi connectivity index (χ0v) is 15.3. The maximum absolute atomic E-state index is 12.3. The summed E-state index contributed by atoms with van der Waals surface area (Å²) in [5, 5.41) is 17.0. The van der Waals surface area contributed by atoms with E-state index in [1.807, 2.05) is 36.4 Å². The number of anilines is 1. The topological polar surface area (TPSA) is 70.6 Å². The molecule has 0 aromatic heterocycles. The third-order valence-electron chi connectivity index (χ3n) is 3.85. The van der Waals surface area contributed by atoms with Gasteiger partial charge in [0.1, 0.15) is 5.75 Å². The van der Waals surface area contributed by atoms with Crippen LogP contribution in [0, 0.1) is 0 Å². The molecular weight excluding hydrogens is 340 g/mol. The van der Waals surface area contributed by atoms with Crippen molar-refractivity contribution in [2.75, 3.05) is 12.4 Å². The predicted molar refractivity (Wildman–Crippen MR) is 100 cm³/mol. The van der Waals surface area contributed by atoms with Crippen molar-refractivity contribution in [1.29, 1.82) is 0 Å². The van der Waals surface area contributed by atoms with Crippen LogP contribution in [0.5, 0.6) is 5.75 Å². The van der Waals surface area contributed by atoms with Crippen molar-refractivity contribution < 1.29 is 14.6 Å². The summed E-state index contributed by atoms with van der Waals surface area (Å²) >= 11 is 5.93. The Kier molecular flexibility index (Phi) is 6.28. The van der Waals surface area contributed by atoms with Gasteiger partial charge in [-0.1, -0.05) is 35.9 Å². The van der Waals surface area contributed by atoms with Crippen LogP contribution < -0.4 is 15.4 Å². The van der Waals surface area contributed by atoms with E-state index in [1.54, 1.807) is 33.1 Å². The van der Waals surface area contributed by atoms with Crippen LogP contribution in [0.1, 0.15) is 19.4 Å². The second-order valence-corrected chi connectivity index (χ2v) is 6.73. The van der Waals surface area contributed by atoms with Crippen LogP contribution in [0.15, 0.2) is 48.5 Å². The number of halogens is 1. The Morgan fingerprint density at radius 2 is 1.96 bits per heavy atom. The van der Waals surface area contributed by atoms with E-state index in [0.29, 0.717) is 23.0 Å². The van der Waals surface area contributed by atoms with Gasteiger partial charge in [0.25, 0.3) is 5.91 Å². The van der Waals surface area contributed by atoms with E-state index >= 15 is 0 Å². The number of hydrogen-bond donors (Lipinski definition) is 3. The van der Waals surface area contributed by atoms with Gasteiger partial charge in [0, 0.05) is 11.6 Å². The molecule has 3 N–H and O–H groups in total. The van der Waals surface area contributed by atoms with Crippen LogP contribution in [0.25, 0.3) is 0 Å². The minimum absolute atomic E-state index is 0.293. The van der Waals surface area contributed by atoms with Crippen LogP contribution in [-0.2, 0) is 11.3 Å². The molecule has 2 rings (SSSR count). The number of nitrogens with one attached hydrogen (secondary N) is 2. The molecule has 6 heteroatoms. The molecule has 0 aliphatic carbocycles. The van der Waals surface area contributed by atoms with Crippen LogP contribution in [0.2, 0.25) is 5.02 Å². The molecule has 0 saturated carbocycles. The molecule has 0 fully saturated rings. The lowest BCUT2D eigenvalue weighted by molar-refractivity contribution is -0.131. The summed E-state index contributed by atoms with van der Waals surface area (Å²) in [5.41, 5.74) is 0.674. The molecule has 1 atom stereocenters. The van der Waals surface area contributed by atoms with E-state index in [0.717, 1.165) is 5.56 Å². The van der Waals surface area contributed by atoms with Gasteiger partial charge < -0.3 is 20.5 Å². The third-order valence-corrected chi connectivity index (χ3v) is 4.09. The molecule has 1 unspecified atom stereocenters. The van der Waals surface area contributed by atoms with Gasteiger partial charge in [0.2, 0.25) is 0 Å². The summed E-state index contributed by atoms with van der Waals surface area (Å²) < 4.78 is 5.29. The molecule has 0 aliphatic rings. The standard InChI is InChI=1S/C19H23ClN2O3/c1-19(2,22-15-9-4-5-10-16(15)25-3)17(23)18(24)21-12-13-7-6-8-14(20)11-13/h4-11,17,22-23H,12H2,1-3H3,(H,21,24). The maximum atomic E-state index is 12.3. The minimum atomic E-state index is -1.25. The normalized spacial score (nSPS) is 12.4. The Morgan fingerprint density at radius 3 is 2.64 bits per heavy atom. The zero-order chi connectivity index (χ0) is 18.4. The van der Waals surface area contributed by atoms with Crippen LogP contribution in [0.3, 0.4) is 0 Å². The molecule has 134 valence electrons. The fourth-order valence-electron chi connectivity index (χ4n) is 2.42. The molecule has 0 heterocycles. The molecule has 1 amide bonds. The Morgan fingerprint density at radius 1 is 1.24 bits per heavy atom. The van der Waals surface area contributed by atoms with Gasteiger partial charge in [-0.15, -0.1) is 0 Å². The van der Waals surface area contributed by atoms with E-state index in [1.165, 1.54) is 0 Å². The number of aliphatic hydroxyl groups excluding tert-OH is 1. The van der Waals surface area contributed by atoms with Crippen LogP contribution >= 0.6 is 11.6 Å². The number of carbonyl (C=O) groups is 1. The number of carbonyl (C=O) groups excluding carboxylic acids is 1. The number of methoxy groups -OCH3 is 1. The van der Waals surface area contributed by atoms with Crippen molar-refractivity contribution in [3.8, 4) is 5.75 Å². The van der Waals surface area contributed by atoms with Gasteiger partial charge in [-0.3, -0.25) is 4.79 Å². The first-order valence-corrected chi connectivity index (χ1v) is 8.32. The fraction of sp³-hybridized carbons (Fsp3) is 0.316. The van der Waals surface area contributed by atoms with Gasteiger partial charge in [0.05, 0.1) is 18.3 Å². The average Bonchev–Trinajstić information content (AvgIpc) is 2.59. The molecule has 0 saturated heterocycles. The number of rotatable bonds is 7. The SMILES string of the molecule is COc1ccccc1NC(C)(C)C(O)C(=O)NCc1cccc(Cl)c1. The summed E-state index contributed by atoms with van der Waals surface area (Å²) in [5.74, 6) is 0.175. The van der Waals surface area contributed by atoms with Gasteiger partial charge in [0.15, 0.2) is 6.10 Å². The lowest BCUT2D eigenvalue weighted by atomic mass is 9.95. The first-order chi connectivity index (χ1) is 11.8. The lowest BCUT2D eigenvalue weighted by Crippen LogP contribution is -2.52. The lowest BCUT2D eigenvalue weighted by Gasteiger charge is -2.32. The largest absolute Gasteiger partial charge is 0.495 e. The average molecular weight is 363 g/mol. The summed E-state index contributed by atoms with van der Waals surface area (Å²) in [4.78, 5) is 12.3. The molecular formula is C19H23ClN2O3. The van der Waals surface area contributed by atoms with Gasteiger partial charge >= 0.3 is 0 Å². The van der Waals surface area contributed by atoms with Gasteiger partial charge in [-0.25, -0.2) is 0 Å². The number of ether oxygens (including phenoxy) is 1. The molecule has 0 spiro atoms. The molecule has 5 nitrogen and oxygen atoms in total. The van der Waals surface area contributed by atoms with E-state index in [2.05, 4.69) is 10.6 Å². The van der Waals surface area contributed by atoms with Crippen molar-refractivity contribution >= 4 is 23.2 Å². The van der Waals surface area contributed by atoms with E-state index in [4.69, 9.17) is 16.3 Å². The van der Waals surface area contributed by atoms with Crippen molar-refractivity contribution in [2.24, 2.45) is 0 Å². The third kappa shape index (κ3) is 5.11. The monoisotopic (exact) mass is 362 g/mol. The summed E-state index contributed by atoms with van der Waals surface area (Å²) in [6, 6.07) is 14.6. The highest BCUT2D eigenvalue weighted by atomic mass is 35.5. The quantitative estimate of drug-likeness (QED) is 0.707. The van der Waals surface area contributed by atoms with Crippen molar-refractivity contribution in [3.05, 3.63) is 59.1 Å². The Hall–Kier alpha value is -2.24. The zero-order valence-electron chi connectivity index (χ0n) is 14.5. The van der Waals surface area contributed by atoms with E-state index in [-0.39, 0.29) is 0 Å². The summed E-state index contributed by atoms with van der Waals surface area (Å²) in [6.45, 7) is 3.80. The minimum Gasteiger partial charge on any atom is -0.495 e. The number of aliphatic hydroxyl groups is 1. The van der Waals surface area contributed by atoms with Crippen LogP contribution in [0.4, 0.5) is 5.69 Å². The fourth-order valence-corrected chi connectivity index (χ4v) is 2.64. The number of amides is 1. The Bertz CT molecular complexity index is 734. The highest BCUT2D eigenvalue weighted by Crippen LogP contribution is 2.27. The van der Waals surface area contributed by atoms with Crippen LogP contribution in [-0.4, -0.2) is 29.8 Å². The van der Waals surface area contributed by atoms with E-state index in [9.17, 15) is 9.90 Å². The highest BCUT2D eigenvalue weighted by Gasteiger charge is 2.34. The first-order valence-electron chi connectivity index (χ1n) is 7.95. The second-order valence-electron chi connectivity index (χ2n) is 6.30. The van der Waals surface area contributed by atoms with Gasteiger partial charge in [-0.05, 0) is 43.7 Å². The maximum Gasteiger partial charge on any atom is 0.251 e. The summed E-state index contributed by atoms with van der Waals surface area (Å²) in [6.07, 6.45) is -1.25. The first kappa shape index (κ1) is 19.1. The summed E-state index contributed by atoms with van der Waals surface area (Å²) in [7, 11) is 1.57. The number of benzene rings is 2. The Labute approximate surface area is 153 Å². The highest BCUT2D eigenvalue weighted by molar-refractivity contribution is 6.30. The number of para-hydroxylation sites is 2. The van der Waals surface area contributed by atoms with Crippen molar-refractivity contribution in [2.45, 2.75) is 32.0 Å². The molecule has 0 bridgehead atoms. The van der Waals surface area contributed by atoms with Crippen molar-refractivity contribution in [1.82, 2.24) is 5.32 Å². The second kappa shape index (κ2) is 8.23. The Balaban J connectivity index is 2.01. The van der Waals surface area contributed by atoms with Gasteiger partial charge in [-0.2, -0.15) is 0 Å². The molecule has 25 heavy (non-hydrogen) atoms. The smallest absolute Gasteiger partial charge is 0.251 e.